The molecule has 1 saturated heterocycles. The second-order valence-corrected chi connectivity index (χ2v) is 6.13. The van der Waals surface area contributed by atoms with Crippen LogP contribution in [0, 0.1) is 0 Å². The van der Waals surface area contributed by atoms with Gasteiger partial charge in [0.05, 0.1) is 18.8 Å². The summed E-state index contributed by atoms with van der Waals surface area (Å²) in [6.45, 7) is 4.99. The Hall–Kier alpha value is 0.135. The lowest BCUT2D eigenvalue weighted by Crippen LogP contribution is -2.30. The third-order valence-corrected chi connectivity index (χ3v) is 2.78. The fourth-order valence-corrected chi connectivity index (χ4v) is 2.02. The van der Waals surface area contributed by atoms with Gasteiger partial charge in [-0.3, -0.25) is 4.57 Å². The molecule has 0 aromatic carbocycles. The van der Waals surface area contributed by atoms with Crippen molar-refractivity contribution in [2.75, 3.05) is 13.3 Å². The maximum absolute atomic E-state index is 11.0. The molecule has 0 aromatic heterocycles. The number of hydrogen-bond donors (Lipinski definition) is 1. The van der Waals surface area contributed by atoms with E-state index in [-0.39, 0.29) is 24.9 Å². The smallest absolute Gasteiger partial charge is 0.325 e. The van der Waals surface area contributed by atoms with E-state index in [4.69, 9.17) is 26.7 Å². The predicted molar refractivity (Wildman–Crippen MR) is 60.7 cm³/mol. The van der Waals surface area contributed by atoms with E-state index in [1.54, 1.807) is 0 Å². The molecule has 0 bridgehead atoms. The van der Waals surface area contributed by atoms with Crippen LogP contribution in [0.15, 0.2) is 0 Å². The van der Waals surface area contributed by atoms with E-state index in [9.17, 15) is 4.57 Å². The van der Waals surface area contributed by atoms with Gasteiger partial charge in [0.1, 0.15) is 14.0 Å². The topological polar surface area (TPSA) is 65.0 Å². The van der Waals surface area contributed by atoms with E-state index in [0.717, 1.165) is 6.66 Å². The minimum absolute atomic E-state index is 0.0232. The first-order valence-corrected chi connectivity index (χ1v) is 7.31. The van der Waals surface area contributed by atoms with Gasteiger partial charge in [0.2, 0.25) is 0 Å². The van der Waals surface area contributed by atoms with E-state index in [1.807, 2.05) is 13.8 Å². The molecule has 5 nitrogen and oxygen atoms in total. The van der Waals surface area contributed by atoms with Gasteiger partial charge in [0, 0.05) is 12.7 Å². The van der Waals surface area contributed by atoms with Gasteiger partial charge >= 0.3 is 7.60 Å². The Morgan fingerprint density at radius 2 is 2.25 bits per heavy atom. The molecule has 0 saturated carbocycles. The standard InChI is InChI=1S/C9H18BO5P/c1-6(2)14-7-4-9(10)15-8(7)5-13-16(3,11)12/h6-9H,4-5H2,1-3H3,(H,11,12). The maximum atomic E-state index is 11.0. The van der Waals surface area contributed by atoms with Crippen LogP contribution in [0.1, 0.15) is 20.3 Å². The molecule has 1 rings (SSSR count). The van der Waals surface area contributed by atoms with E-state index >= 15 is 0 Å². The van der Waals surface area contributed by atoms with Crippen molar-refractivity contribution in [3.63, 3.8) is 0 Å². The van der Waals surface area contributed by atoms with Crippen molar-refractivity contribution >= 4 is 15.4 Å². The second kappa shape index (κ2) is 5.65. The highest BCUT2D eigenvalue weighted by Gasteiger charge is 2.35. The maximum Gasteiger partial charge on any atom is 0.325 e. The van der Waals surface area contributed by atoms with Crippen molar-refractivity contribution in [1.82, 2.24) is 0 Å². The van der Waals surface area contributed by atoms with E-state index in [1.165, 1.54) is 0 Å². The van der Waals surface area contributed by atoms with Crippen LogP contribution in [0.2, 0.25) is 0 Å². The van der Waals surface area contributed by atoms with E-state index in [2.05, 4.69) is 0 Å². The van der Waals surface area contributed by atoms with E-state index in [0.29, 0.717) is 6.42 Å². The molecule has 0 spiro atoms. The van der Waals surface area contributed by atoms with Gasteiger partial charge in [-0.05, 0) is 20.3 Å². The second-order valence-electron chi connectivity index (χ2n) is 4.27. The molecule has 7 heteroatoms. The molecule has 0 aromatic rings. The van der Waals surface area contributed by atoms with Crippen LogP contribution in [-0.4, -0.2) is 50.3 Å². The van der Waals surface area contributed by atoms with E-state index < -0.39 is 13.6 Å². The molecule has 1 aliphatic heterocycles. The monoisotopic (exact) mass is 248 g/mol. The average molecular weight is 248 g/mol. The highest BCUT2D eigenvalue weighted by molar-refractivity contribution is 7.51. The zero-order chi connectivity index (χ0) is 12.3. The Morgan fingerprint density at radius 1 is 1.62 bits per heavy atom. The van der Waals surface area contributed by atoms with Crippen LogP contribution in [0.3, 0.4) is 0 Å². The fourth-order valence-electron chi connectivity index (χ4n) is 1.60. The summed E-state index contributed by atoms with van der Waals surface area (Å²) in [6, 6.07) is -0.396. The Balaban J connectivity index is 2.46. The first kappa shape index (κ1) is 14.2. The normalized spacial score (nSPS) is 34.2. The van der Waals surface area contributed by atoms with Crippen molar-refractivity contribution in [2.24, 2.45) is 0 Å². The van der Waals surface area contributed by atoms with Gasteiger partial charge < -0.3 is 18.9 Å². The zero-order valence-corrected chi connectivity index (χ0v) is 10.7. The van der Waals surface area contributed by atoms with Gasteiger partial charge in [-0.2, -0.15) is 0 Å². The van der Waals surface area contributed by atoms with Crippen molar-refractivity contribution in [3.05, 3.63) is 0 Å². The summed E-state index contributed by atoms with van der Waals surface area (Å²) in [5, 5.41) is 0. The summed E-state index contributed by atoms with van der Waals surface area (Å²) in [5.74, 6) is 0. The van der Waals surface area contributed by atoms with Gasteiger partial charge in [-0.1, -0.05) is 0 Å². The number of hydrogen-bond acceptors (Lipinski definition) is 4. The number of rotatable bonds is 5. The summed E-state index contributed by atoms with van der Waals surface area (Å²) in [7, 11) is 2.17. The molecule has 92 valence electrons. The number of ether oxygens (including phenoxy) is 2. The Labute approximate surface area is 97.4 Å². The van der Waals surface area contributed by atoms with Gasteiger partial charge in [-0.15, -0.1) is 0 Å². The third kappa shape index (κ3) is 4.98. The summed E-state index contributed by atoms with van der Waals surface area (Å²) < 4.78 is 26.8. The van der Waals surface area contributed by atoms with Crippen molar-refractivity contribution < 1.29 is 23.5 Å². The first-order valence-electron chi connectivity index (χ1n) is 5.29. The molecular formula is C9H18BO5P. The van der Waals surface area contributed by atoms with Crippen LogP contribution in [0.4, 0.5) is 0 Å². The van der Waals surface area contributed by atoms with Crippen LogP contribution in [0.25, 0.3) is 0 Å². The molecule has 1 N–H and O–H groups in total. The zero-order valence-electron chi connectivity index (χ0n) is 9.83. The van der Waals surface area contributed by atoms with Crippen molar-refractivity contribution in [1.29, 1.82) is 0 Å². The lowest BCUT2D eigenvalue weighted by Gasteiger charge is -2.21. The minimum Gasteiger partial charge on any atom is -0.380 e. The highest BCUT2D eigenvalue weighted by Crippen LogP contribution is 2.37. The van der Waals surface area contributed by atoms with Crippen LogP contribution in [-0.2, 0) is 18.6 Å². The molecular weight excluding hydrogens is 230 g/mol. The molecule has 4 atom stereocenters. The predicted octanol–water partition coefficient (Wildman–Crippen LogP) is 0.895. The summed E-state index contributed by atoms with van der Waals surface area (Å²) in [4.78, 5) is 9.02. The van der Waals surface area contributed by atoms with Gasteiger partial charge in [-0.25, -0.2) is 0 Å². The van der Waals surface area contributed by atoms with Crippen molar-refractivity contribution in [3.8, 4) is 0 Å². The lowest BCUT2D eigenvalue weighted by molar-refractivity contribution is -0.0551. The summed E-state index contributed by atoms with van der Waals surface area (Å²) in [6.07, 6.45) is 0.0781. The largest absolute Gasteiger partial charge is 0.380 e. The molecule has 1 fully saturated rings. The van der Waals surface area contributed by atoms with Crippen LogP contribution in [0.5, 0.6) is 0 Å². The van der Waals surface area contributed by atoms with Crippen molar-refractivity contribution in [2.45, 2.75) is 44.6 Å². The quantitative estimate of drug-likeness (QED) is 0.578. The molecule has 2 radical (unpaired) electrons. The Bertz CT molecular complexity index is 267. The van der Waals surface area contributed by atoms with Crippen LogP contribution < -0.4 is 0 Å². The first-order chi connectivity index (χ1) is 7.28. The average Bonchev–Trinajstić information content (AvgIpc) is 2.40. The third-order valence-electron chi connectivity index (χ3n) is 2.15. The van der Waals surface area contributed by atoms with Crippen LogP contribution >= 0.6 is 7.60 Å². The molecule has 4 unspecified atom stereocenters. The highest BCUT2D eigenvalue weighted by atomic mass is 31.2. The minimum atomic E-state index is -3.48. The van der Waals surface area contributed by atoms with Gasteiger partial charge in [0.15, 0.2) is 0 Å². The summed E-state index contributed by atoms with van der Waals surface area (Å²) in [5.41, 5.74) is 0. The molecule has 0 aliphatic carbocycles. The lowest BCUT2D eigenvalue weighted by atomic mass is 9.96. The SMILES string of the molecule is [B]C1CC(OC(C)C)C(COP(C)(=O)O)O1. The Kier molecular flexibility index (Phi) is 5.01. The Morgan fingerprint density at radius 3 is 2.75 bits per heavy atom. The molecule has 16 heavy (non-hydrogen) atoms. The summed E-state index contributed by atoms with van der Waals surface area (Å²) >= 11 is 0. The molecule has 1 heterocycles. The molecule has 1 aliphatic rings. The fraction of sp³-hybridized carbons (Fsp3) is 1.00. The van der Waals surface area contributed by atoms with Gasteiger partial charge in [0.25, 0.3) is 0 Å². The molecule has 0 amide bonds.